The summed E-state index contributed by atoms with van der Waals surface area (Å²) in [5.41, 5.74) is 1.27. The van der Waals surface area contributed by atoms with Gasteiger partial charge >= 0.3 is 5.69 Å². The smallest absolute Gasteiger partial charge is 0.312 e. The molecule has 0 radical (unpaired) electrons. The van der Waals surface area contributed by atoms with Crippen LogP contribution in [-0.4, -0.2) is 17.1 Å². The molecule has 0 atom stereocenters. The number of benzene rings is 2. The van der Waals surface area contributed by atoms with Crippen LogP contribution in [0.3, 0.4) is 0 Å². The standard InChI is InChI=1S/C14H14N2O4/c1-20-12-5-2-10(3-6-12)9-15-11-4-7-14(17)13(8-11)16(18)19/h2-8,15,17H,9H2,1H3. The van der Waals surface area contributed by atoms with Crippen LogP contribution in [0.5, 0.6) is 11.5 Å². The third kappa shape index (κ3) is 3.17. The van der Waals surface area contributed by atoms with Crippen molar-refractivity contribution < 1.29 is 14.8 Å². The van der Waals surface area contributed by atoms with Crippen molar-refractivity contribution in [2.24, 2.45) is 0 Å². The Kier molecular flexibility index (Phi) is 4.05. The molecule has 0 amide bonds. The van der Waals surface area contributed by atoms with Crippen molar-refractivity contribution in [2.45, 2.75) is 6.54 Å². The molecule has 2 N–H and O–H groups in total. The summed E-state index contributed by atoms with van der Waals surface area (Å²) < 4.78 is 5.06. The summed E-state index contributed by atoms with van der Waals surface area (Å²) in [6, 6.07) is 11.7. The van der Waals surface area contributed by atoms with Crippen molar-refractivity contribution in [1.82, 2.24) is 0 Å². The highest BCUT2D eigenvalue weighted by Gasteiger charge is 2.13. The van der Waals surface area contributed by atoms with Gasteiger partial charge in [0.05, 0.1) is 12.0 Å². The van der Waals surface area contributed by atoms with E-state index >= 15 is 0 Å². The summed E-state index contributed by atoms with van der Waals surface area (Å²) in [6.07, 6.45) is 0. The lowest BCUT2D eigenvalue weighted by Gasteiger charge is -2.07. The third-order valence-electron chi connectivity index (χ3n) is 2.83. The number of anilines is 1. The lowest BCUT2D eigenvalue weighted by molar-refractivity contribution is -0.385. The highest BCUT2D eigenvalue weighted by molar-refractivity contribution is 5.58. The van der Waals surface area contributed by atoms with E-state index < -0.39 is 4.92 Å². The summed E-state index contributed by atoms with van der Waals surface area (Å²) in [4.78, 5) is 10.1. The molecule has 6 heteroatoms. The summed E-state index contributed by atoms with van der Waals surface area (Å²) in [6.45, 7) is 0.520. The van der Waals surface area contributed by atoms with Crippen LogP contribution in [0.2, 0.25) is 0 Å². The van der Waals surface area contributed by atoms with Gasteiger partial charge in [-0.15, -0.1) is 0 Å². The van der Waals surface area contributed by atoms with E-state index in [0.717, 1.165) is 11.3 Å². The van der Waals surface area contributed by atoms with E-state index in [9.17, 15) is 15.2 Å². The Morgan fingerprint density at radius 3 is 2.55 bits per heavy atom. The van der Waals surface area contributed by atoms with Crippen molar-refractivity contribution in [3.63, 3.8) is 0 Å². The molecule has 104 valence electrons. The summed E-state index contributed by atoms with van der Waals surface area (Å²) in [5, 5.41) is 23.2. The molecule has 2 aromatic rings. The lowest BCUT2D eigenvalue weighted by Crippen LogP contribution is -2.00. The van der Waals surface area contributed by atoms with Crippen molar-refractivity contribution in [3.05, 3.63) is 58.1 Å². The minimum atomic E-state index is -0.617. The van der Waals surface area contributed by atoms with Crippen molar-refractivity contribution in [2.75, 3.05) is 12.4 Å². The highest BCUT2D eigenvalue weighted by Crippen LogP contribution is 2.28. The van der Waals surface area contributed by atoms with Crippen LogP contribution in [0.15, 0.2) is 42.5 Å². The van der Waals surface area contributed by atoms with Crippen LogP contribution in [-0.2, 0) is 6.54 Å². The highest BCUT2D eigenvalue weighted by atomic mass is 16.6. The Hall–Kier alpha value is -2.76. The fourth-order valence-corrected chi connectivity index (χ4v) is 1.73. The minimum absolute atomic E-state index is 0.315. The van der Waals surface area contributed by atoms with Gasteiger partial charge in [-0.3, -0.25) is 10.1 Å². The van der Waals surface area contributed by atoms with Crippen molar-refractivity contribution in [3.8, 4) is 11.5 Å². The predicted octanol–water partition coefficient (Wildman–Crippen LogP) is 2.92. The van der Waals surface area contributed by atoms with Gasteiger partial charge in [-0.2, -0.15) is 0 Å². The number of nitro benzene ring substituents is 1. The summed E-state index contributed by atoms with van der Waals surface area (Å²) in [7, 11) is 1.60. The zero-order valence-electron chi connectivity index (χ0n) is 10.9. The fourth-order valence-electron chi connectivity index (χ4n) is 1.73. The second kappa shape index (κ2) is 5.92. The summed E-state index contributed by atoms with van der Waals surface area (Å²) in [5.74, 6) is 0.430. The molecule has 6 nitrogen and oxygen atoms in total. The molecule has 2 aromatic carbocycles. The molecule has 0 aromatic heterocycles. The molecule has 0 fully saturated rings. The van der Waals surface area contributed by atoms with E-state index in [-0.39, 0.29) is 11.4 Å². The number of nitrogens with zero attached hydrogens (tertiary/aromatic N) is 1. The van der Waals surface area contributed by atoms with Crippen LogP contribution in [0.4, 0.5) is 11.4 Å². The number of phenols is 1. The number of methoxy groups -OCH3 is 1. The van der Waals surface area contributed by atoms with Gasteiger partial charge in [0.25, 0.3) is 0 Å². The van der Waals surface area contributed by atoms with Crippen LogP contribution in [0, 0.1) is 10.1 Å². The number of ether oxygens (including phenoxy) is 1. The van der Waals surface area contributed by atoms with Gasteiger partial charge in [0.15, 0.2) is 5.75 Å². The molecule has 0 bridgehead atoms. The van der Waals surface area contributed by atoms with Gasteiger partial charge in [0.1, 0.15) is 5.75 Å². The number of phenolic OH excluding ortho intramolecular Hbond substituents is 1. The molecule has 2 rings (SSSR count). The Balaban J connectivity index is 2.06. The van der Waals surface area contributed by atoms with E-state index in [0.29, 0.717) is 12.2 Å². The maximum atomic E-state index is 10.7. The fraction of sp³-hybridized carbons (Fsp3) is 0.143. The molecule has 0 aliphatic rings. The van der Waals surface area contributed by atoms with Gasteiger partial charge in [0, 0.05) is 18.3 Å². The van der Waals surface area contributed by atoms with E-state index in [4.69, 9.17) is 4.74 Å². The molecule has 20 heavy (non-hydrogen) atoms. The van der Waals surface area contributed by atoms with Crippen molar-refractivity contribution >= 4 is 11.4 Å². The Bertz CT molecular complexity index is 611. The number of rotatable bonds is 5. The first-order valence-electron chi connectivity index (χ1n) is 5.94. The minimum Gasteiger partial charge on any atom is -0.502 e. The topological polar surface area (TPSA) is 84.6 Å². The molecule has 0 aliphatic carbocycles. The van der Waals surface area contributed by atoms with Crippen molar-refractivity contribution in [1.29, 1.82) is 0 Å². The normalized spacial score (nSPS) is 10.1. The van der Waals surface area contributed by atoms with Gasteiger partial charge < -0.3 is 15.2 Å². The number of nitro groups is 1. The monoisotopic (exact) mass is 274 g/mol. The van der Waals surface area contributed by atoms with E-state index in [1.54, 1.807) is 13.2 Å². The molecular weight excluding hydrogens is 260 g/mol. The number of nitrogens with one attached hydrogen (secondary N) is 1. The zero-order chi connectivity index (χ0) is 14.5. The van der Waals surface area contributed by atoms with Gasteiger partial charge in [-0.25, -0.2) is 0 Å². The zero-order valence-corrected chi connectivity index (χ0v) is 10.9. The molecule has 0 saturated carbocycles. The molecule has 0 unspecified atom stereocenters. The molecule has 0 heterocycles. The molecular formula is C14H14N2O4. The molecule has 0 saturated heterocycles. The summed E-state index contributed by atoms with van der Waals surface area (Å²) >= 11 is 0. The average Bonchev–Trinajstić information content (AvgIpc) is 2.46. The largest absolute Gasteiger partial charge is 0.502 e. The Morgan fingerprint density at radius 1 is 1.25 bits per heavy atom. The average molecular weight is 274 g/mol. The lowest BCUT2D eigenvalue weighted by atomic mass is 10.2. The van der Waals surface area contributed by atoms with Gasteiger partial charge in [-0.05, 0) is 29.8 Å². The van der Waals surface area contributed by atoms with E-state index in [2.05, 4.69) is 5.32 Å². The van der Waals surface area contributed by atoms with Crippen LogP contribution in [0.25, 0.3) is 0 Å². The van der Waals surface area contributed by atoms with Crippen LogP contribution >= 0.6 is 0 Å². The number of hydrogen-bond acceptors (Lipinski definition) is 5. The Morgan fingerprint density at radius 2 is 1.95 bits per heavy atom. The second-order valence-electron chi connectivity index (χ2n) is 4.16. The predicted molar refractivity (Wildman–Crippen MR) is 75.1 cm³/mol. The SMILES string of the molecule is COc1ccc(CNc2ccc(O)c([N+](=O)[O-])c2)cc1. The second-order valence-corrected chi connectivity index (χ2v) is 4.16. The number of hydrogen-bond donors (Lipinski definition) is 2. The first-order valence-corrected chi connectivity index (χ1v) is 5.94. The first kappa shape index (κ1) is 13.7. The quantitative estimate of drug-likeness (QED) is 0.497. The van der Waals surface area contributed by atoms with Crippen LogP contribution in [0.1, 0.15) is 5.56 Å². The molecule has 0 aliphatic heterocycles. The Labute approximate surface area is 115 Å². The van der Waals surface area contributed by atoms with Gasteiger partial charge in [0.2, 0.25) is 0 Å². The maximum Gasteiger partial charge on any atom is 0.312 e. The molecule has 0 spiro atoms. The first-order chi connectivity index (χ1) is 9.60. The third-order valence-corrected chi connectivity index (χ3v) is 2.83. The van der Waals surface area contributed by atoms with E-state index in [1.807, 2.05) is 24.3 Å². The van der Waals surface area contributed by atoms with Gasteiger partial charge in [-0.1, -0.05) is 12.1 Å². The van der Waals surface area contributed by atoms with E-state index in [1.165, 1.54) is 12.1 Å². The maximum absolute atomic E-state index is 10.7. The van der Waals surface area contributed by atoms with Crippen LogP contribution < -0.4 is 10.1 Å². The number of aromatic hydroxyl groups is 1.